The average molecular weight is 250 g/mol. The first-order valence-corrected chi connectivity index (χ1v) is 6.26. The first-order valence-electron chi connectivity index (χ1n) is 6.26. The third-order valence-electron chi connectivity index (χ3n) is 3.47. The van der Waals surface area contributed by atoms with Crippen molar-refractivity contribution in [2.24, 2.45) is 0 Å². The summed E-state index contributed by atoms with van der Waals surface area (Å²) in [5.41, 5.74) is 1.76. The van der Waals surface area contributed by atoms with Crippen molar-refractivity contribution in [3.63, 3.8) is 0 Å². The zero-order valence-electron chi connectivity index (χ0n) is 10.5. The highest BCUT2D eigenvalue weighted by molar-refractivity contribution is 5.65. The zero-order chi connectivity index (χ0) is 13.1. The minimum atomic E-state index is -0.349. The van der Waals surface area contributed by atoms with Crippen LogP contribution in [0, 0.1) is 17.0 Å². The van der Waals surface area contributed by atoms with Crippen molar-refractivity contribution in [1.29, 1.82) is 0 Å². The number of aliphatic hydroxyl groups is 1. The second-order valence-corrected chi connectivity index (χ2v) is 4.77. The number of nitro groups is 1. The highest BCUT2D eigenvalue weighted by atomic mass is 16.6. The maximum absolute atomic E-state index is 11.1. The molecule has 1 heterocycles. The topological polar surface area (TPSA) is 66.6 Å². The molecule has 98 valence electrons. The predicted octanol–water partition coefficient (Wildman–Crippen LogP) is 2.25. The smallest absolute Gasteiger partial charge is 0.292 e. The maximum atomic E-state index is 11.1. The van der Waals surface area contributed by atoms with Crippen LogP contribution in [0.2, 0.25) is 0 Å². The van der Waals surface area contributed by atoms with Crippen LogP contribution in [0.1, 0.15) is 24.8 Å². The van der Waals surface area contributed by atoms with Crippen LogP contribution in [0.5, 0.6) is 0 Å². The van der Waals surface area contributed by atoms with Crippen LogP contribution in [0.15, 0.2) is 18.2 Å². The zero-order valence-corrected chi connectivity index (χ0v) is 10.5. The van der Waals surface area contributed by atoms with Crippen LogP contribution in [0.25, 0.3) is 0 Å². The SMILES string of the molecule is Cc1ccc([N+](=O)[O-])c(N2CCCCC2CO)c1. The van der Waals surface area contributed by atoms with Gasteiger partial charge in [0.1, 0.15) is 5.69 Å². The third kappa shape index (κ3) is 2.46. The molecule has 0 aliphatic carbocycles. The van der Waals surface area contributed by atoms with Crippen molar-refractivity contribution in [3.05, 3.63) is 33.9 Å². The minimum absolute atomic E-state index is 0.000694. The molecule has 5 heteroatoms. The van der Waals surface area contributed by atoms with Gasteiger partial charge in [-0.2, -0.15) is 0 Å². The molecule has 0 radical (unpaired) electrons. The number of hydrogen-bond acceptors (Lipinski definition) is 4. The quantitative estimate of drug-likeness (QED) is 0.660. The molecule has 1 N–H and O–H groups in total. The second kappa shape index (κ2) is 5.35. The van der Waals surface area contributed by atoms with Gasteiger partial charge in [-0.25, -0.2) is 0 Å². The number of anilines is 1. The summed E-state index contributed by atoms with van der Waals surface area (Å²) < 4.78 is 0. The summed E-state index contributed by atoms with van der Waals surface area (Å²) in [5, 5.41) is 20.5. The van der Waals surface area contributed by atoms with Gasteiger partial charge < -0.3 is 10.0 Å². The van der Waals surface area contributed by atoms with Gasteiger partial charge in [0.15, 0.2) is 0 Å². The van der Waals surface area contributed by atoms with E-state index in [2.05, 4.69) is 0 Å². The molecule has 0 spiro atoms. The van der Waals surface area contributed by atoms with E-state index in [9.17, 15) is 15.2 Å². The Bertz CT molecular complexity index is 448. The lowest BCUT2D eigenvalue weighted by Gasteiger charge is -2.36. The van der Waals surface area contributed by atoms with Gasteiger partial charge in [0.25, 0.3) is 5.69 Å². The van der Waals surface area contributed by atoms with Crippen LogP contribution in [-0.4, -0.2) is 29.2 Å². The van der Waals surface area contributed by atoms with Gasteiger partial charge in [-0.15, -0.1) is 0 Å². The fourth-order valence-corrected chi connectivity index (χ4v) is 2.53. The highest BCUT2D eigenvalue weighted by Gasteiger charge is 2.27. The number of hydrogen-bond donors (Lipinski definition) is 1. The van der Waals surface area contributed by atoms with Crippen LogP contribution in [0.4, 0.5) is 11.4 Å². The Hall–Kier alpha value is -1.62. The standard InChI is InChI=1S/C13H18N2O3/c1-10-5-6-12(15(17)18)13(8-10)14-7-3-2-4-11(14)9-16/h5-6,8,11,16H,2-4,7,9H2,1H3. The summed E-state index contributed by atoms with van der Waals surface area (Å²) in [6, 6.07) is 5.14. The lowest BCUT2D eigenvalue weighted by atomic mass is 10.0. The van der Waals surface area contributed by atoms with Crippen molar-refractivity contribution < 1.29 is 10.0 Å². The second-order valence-electron chi connectivity index (χ2n) is 4.77. The number of nitrogens with zero attached hydrogens (tertiary/aromatic N) is 2. The van der Waals surface area contributed by atoms with Crippen molar-refractivity contribution >= 4 is 11.4 Å². The highest BCUT2D eigenvalue weighted by Crippen LogP contribution is 2.33. The number of aryl methyl sites for hydroxylation is 1. The molecule has 1 aliphatic heterocycles. The Kier molecular flexibility index (Phi) is 3.81. The summed E-state index contributed by atoms with van der Waals surface area (Å²) in [5.74, 6) is 0. The largest absolute Gasteiger partial charge is 0.394 e. The van der Waals surface area contributed by atoms with Gasteiger partial charge in [0.2, 0.25) is 0 Å². The molecule has 1 aromatic rings. The number of rotatable bonds is 3. The van der Waals surface area contributed by atoms with E-state index in [-0.39, 0.29) is 23.3 Å². The Morgan fingerprint density at radius 1 is 1.50 bits per heavy atom. The third-order valence-corrected chi connectivity index (χ3v) is 3.47. The molecule has 1 saturated heterocycles. The normalized spacial score (nSPS) is 19.9. The number of aliphatic hydroxyl groups excluding tert-OH is 1. The van der Waals surface area contributed by atoms with Gasteiger partial charge in [0, 0.05) is 12.6 Å². The molecule has 1 aromatic carbocycles. The van der Waals surface area contributed by atoms with E-state index < -0.39 is 0 Å². The molecular weight excluding hydrogens is 232 g/mol. The molecule has 0 saturated carbocycles. The summed E-state index contributed by atoms with van der Waals surface area (Å²) in [7, 11) is 0. The van der Waals surface area contributed by atoms with Gasteiger partial charge in [0.05, 0.1) is 17.6 Å². The van der Waals surface area contributed by atoms with Crippen molar-refractivity contribution in [2.45, 2.75) is 32.2 Å². The molecule has 0 amide bonds. The molecule has 1 atom stereocenters. The molecule has 0 aromatic heterocycles. The van der Waals surface area contributed by atoms with E-state index in [1.165, 1.54) is 0 Å². The van der Waals surface area contributed by atoms with Crippen molar-refractivity contribution in [2.75, 3.05) is 18.1 Å². The summed E-state index contributed by atoms with van der Waals surface area (Å²) in [4.78, 5) is 12.7. The van der Waals surface area contributed by atoms with Gasteiger partial charge in [-0.05, 0) is 37.8 Å². The average Bonchev–Trinajstić information content (AvgIpc) is 2.38. The molecule has 0 bridgehead atoms. The van der Waals surface area contributed by atoms with Crippen molar-refractivity contribution in [1.82, 2.24) is 0 Å². The molecule has 1 aliphatic rings. The lowest BCUT2D eigenvalue weighted by molar-refractivity contribution is -0.384. The minimum Gasteiger partial charge on any atom is -0.394 e. The molecular formula is C13H18N2O3. The van der Waals surface area contributed by atoms with E-state index >= 15 is 0 Å². The Morgan fingerprint density at radius 2 is 2.28 bits per heavy atom. The number of nitro benzene ring substituents is 1. The van der Waals surface area contributed by atoms with Crippen molar-refractivity contribution in [3.8, 4) is 0 Å². The Labute approximate surface area is 106 Å². The van der Waals surface area contributed by atoms with Gasteiger partial charge in [-0.3, -0.25) is 10.1 Å². The predicted molar refractivity (Wildman–Crippen MR) is 69.9 cm³/mol. The summed E-state index contributed by atoms with van der Waals surface area (Å²) in [6.45, 7) is 2.74. The van der Waals surface area contributed by atoms with Gasteiger partial charge in [-0.1, -0.05) is 6.07 Å². The van der Waals surface area contributed by atoms with Gasteiger partial charge >= 0.3 is 0 Å². The number of piperidine rings is 1. The van der Waals surface area contributed by atoms with E-state index in [1.807, 2.05) is 17.9 Å². The lowest BCUT2D eigenvalue weighted by Crippen LogP contribution is -2.42. The molecule has 5 nitrogen and oxygen atoms in total. The monoisotopic (exact) mass is 250 g/mol. The summed E-state index contributed by atoms with van der Waals surface area (Å²) in [6.07, 6.45) is 2.98. The fourth-order valence-electron chi connectivity index (χ4n) is 2.53. The van der Waals surface area contributed by atoms with Crippen LogP contribution in [-0.2, 0) is 0 Å². The van der Waals surface area contributed by atoms with Crippen LogP contribution < -0.4 is 4.90 Å². The van der Waals surface area contributed by atoms with E-state index in [1.54, 1.807) is 12.1 Å². The maximum Gasteiger partial charge on any atom is 0.292 e. The van der Waals surface area contributed by atoms with E-state index in [0.717, 1.165) is 31.4 Å². The summed E-state index contributed by atoms with van der Waals surface area (Å²) >= 11 is 0. The van der Waals surface area contributed by atoms with Crippen LogP contribution in [0.3, 0.4) is 0 Å². The first-order chi connectivity index (χ1) is 8.63. The van der Waals surface area contributed by atoms with Crippen LogP contribution >= 0.6 is 0 Å². The number of benzene rings is 1. The molecule has 1 fully saturated rings. The van der Waals surface area contributed by atoms with E-state index in [0.29, 0.717) is 5.69 Å². The Morgan fingerprint density at radius 3 is 2.94 bits per heavy atom. The molecule has 2 rings (SSSR count). The van der Waals surface area contributed by atoms with E-state index in [4.69, 9.17) is 0 Å². The molecule has 18 heavy (non-hydrogen) atoms. The molecule has 1 unspecified atom stereocenters. The fraction of sp³-hybridized carbons (Fsp3) is 0.538. The first kappa shape index (κ1) is 12.8. The Balaban J connectivity index is 2.41.